The fourth-order valence-corrected chi connectivity index (χ4v) is 0.828. The van der Waals surface area contributed by atoms with E-state index < -0.39 is 6.10 Å². The number of benzene rings is 1. The first-order valence-electron chi connectivity index (χ1n) is 3.32. The van der Waals surface area contributed by atoms with Crippen LogP contribution in [0.3, 0.4) is 0 Å². The molecule has 11 heavy (non-hydrogen) atoms. The lowest BCUT2D eigenvalue weighted by atomic mass is 10.1. The minimum absolute atomic E-state index is 0.226. The van der Waals surface area contributed by atoms with Crippen molar-refractivity contribution < 1.29 is 10.2 Å². The van der Waals surface area contributed by atoms with Gasteiger partial charge in [0.05, 0.1) is 0 Å². The second-order valence-electron chi connectivity index (χ2n) is 2.30. The molecule has 0 saturated carbocycles. The van der Waals surface area contributed by atoms with Crippen LogP contribution in [0.25, 0.3) is 0 Å². The minimum Gasteiger partial charge on any atom is -0.510 e. The molecule has 2 heteroatoms. The van der Waals surface area contributed by atoms with E-state index in [0.717, 1.165) is 0 Å². The molecule has 0 heterocycles. The Morgan fingerprint density at radius 1 is 1.27 bits per heavy atom. The van der Waals surface area contributed by atoms with Crippen molar-refractivity contribution in [3.05, 3.63) is 48.2 Å². The Bertz CT molecular complexity index is 241. The van der Waals surface area contributed by atoms with Gasteiger partial charge in [-0.3, -0.25) is 0 Å². The molecular weight excluding hydrogens is 140 g/mol. The van der Waals surface area contributed by atoms with Gasteiger partial charge in [-0.15, -0.1) is 0 Å². The molecule has 58 valence electrons. The Kier molecular flexibility index (Phi) is 2.28. The van der Waals surface area contributed by atoms with Gasteiger partial charge in [0, 0.05) is 0 Å². The highest BCUT2D eigenvalue weighted by atomic mass is 16.3. The Morgan fingerprint density at radius 3 is 2.27 bits per heavy atom. The van der Waals surface area contributed by atoms with Crippen LogP contribution >= 0.6 is 0 Å². The van der Waals surface area contributed by atoms with E-state index in [-0.39, 0.29) is 5.76 Å². The first-order chi connectivity index (χ1) is 5.22. The maximum atomic E-state index is 9.25. The molecule has 0 fully saturated rings. The zero-order chi connectivity index (χ0) is 8.27. The van der Waals surface area contributed by atoms with Crippen molar-refractivity contribution in [2.75, 3.05) is 0 Å². The maximum absolute atomic E-state index is 9.25. The summed E-state index contributed by atoms with van der Waals surface area (Å²) in [7, 11) is 0. The van der Waals surface area contributed by atoms with E-state index in [2.05, 4.69) is 6.58 Å². The molecule has 2 nitrogen and oxygen atoms in total. The molecule has 0 spiro atoms. The minimum atomic E-state index is -0.962. The summed E-state index contributed by atoms with van der Waals surface area (Å²) >= 11 is 0. The van der Waals surface area contributed by atoms with Gasteiger partial charge in [-0.1, -0.05) is 36.9 Å². The van der Waals surface area contributed by atoms with Crippen molar-refractivity contribution in [3.63, 3.8) is 0 Å². The molecule has 0 unspecified atom stereocenters. The number of rotatable bonds is 2. The van der Waals surface area contributed by atoms with E-state index in [0.29, 0.717) is 5.56 Å². The van der Waals surface area contributed by atoms with Crippen LogP contribution in [0.2, 0.25) is 0 Å². The number of aliphatic hydroxyl groups is 2. The quantitative estimate of drug-likeness (QED) is 0.631. The molecule has 0 saturated heterocycles. The van der Waals surface area contributed by atoms with Crippen LogP contribution in [0.1, 0.15) is 11.7 Å². The highest BCUT2D eigenvalue weighted by Crippen LogP contribution is 2.16. The third-order valence-electron chi connectivity index (χ3n) is 1.43. The Hall–Kier alpha value is -1.28. The molecule has 0 radical (unpaired) electrons. The topological polar surface area (TPSA) is 40.5 Å². The Labute approximate surface area is 65.4 Å². The van der Waals surface area contributed by atoms with E-state index in [1.807, 2.05) is 6.07 Å². The monoisotopic (exact) mass is 150 g/mol. The van der Waals surface area contributed by atoms with Gasteiger partial charge in [0.15, 0.2) is 0 Å². The summed E-state index contributed by atoms with van der Waals surface area (Å²) < 4.78 is 0. The number of hydrogen-bond donors (Lipinski definition) is 2. The van der Waals surface area contributed by atoms with Crippen molar-refractivity contribution in [2.24, 2.45) is 0 Å². The largest absolute Gasteiger partial charge is 0.510 e. The molecule has 1 rings (SSSR count). The van der Waals surface area contributed by atoms with Crippen LogP contribution < -0.4 is 0 Å². The third kappa shape index (κ3) is 1.82. The average molecular weight is 150 g/mol. The molecule has 0 bridgehead atoms. The van der Waals surface area contributed by atoms with Gasteiger partial charge >= 0.3 is 0 Å². The SMILES string of the molecule is C=C(O)[C@@H](O)c1ccccc1. The summed E-state index contributed by atoms with van der Waals surface area (Å²) in [6.07, 6.45) is -0.962. The van der Waals surface area contributed by atoms with Crippen LogP contribution in [-0.2, 0) is 0 Å². The molecule has 1 atom stereocenters. The van der Waals surface area contributed by atoms with Crippen molar-refractivity contribution in [1.29, 1.82) is 0 Å². The van der Waals surface area contributed by atoms with Crippen LogP contribution in [0, 0.1) is 0 Å². The van der Waals surface area contributed by atoms with Gasteiger partial charge in [0.25, 0.3) is 0 Å². The van der Waals surface area contributed by atoms with Gasteiger partial charge in [-0.25, -0.2) is 0 Å². The van der Waals surface area contributed by atoms with Gasteiger partial charge in [-0.05, 0) is 5.56 Å². The van der Waals surface area contributed by atoms with Gasteiger partial charge in [-0.2, -0.15) is 0 Å². The Morgan fingerprint density at radius 2 is 1.82 bits per heavy atom. The van der Waals surface area contributed by atoms with E-state index in [1.54, 1.807) is 24.3 Å². The van der Waals surface area contributed by atoms with Crippen LogP contribution in [0.15, 0.2) is 42.7 Å². The fraction of sp³-hybridized carbons (Fsp3) is 0.111. The van der Waals surface area contributed by atoms with E-state index in [4.69, 9.17) is 5.11 Å². The second kappa shape index (κ2) is 3.21. The predicted molar refractivity (Wildman–Crippen MR) is 43.2 cm³/mol. The Balaban J connectivity index is 2.85. The van der Waals surface area contributed by atoms with Crippen LogP contribution in [0.5, 0.6) is 0 Å². The average Bonchev–Trinajstić information content (AvgIpc) is 2.05. The maximum Gasteiger partial charge on any atom is 0.135 e. The number of aliphatic hydroxyl groups excluding tert-OH is 2. The molecule has 1 aromatic rings. The number of hydrogen-bond acceptors (Lipinski definition) is 2. The van der Waals surface area contributed by atoms with Crippen molar-refractivity contribution in [3.8, 4) is 0 Å². The lowest BCUT2D eigenvalue weighted by Gasteiger charge is -2.07. The van der Waals surface area contributed by atoms with Crippen LogP contribution in [0.4, 0.5) is 0 Å². The smallest absolute Gasteiger partial charge is 0.135 e. The molecular formula is C9H10O2. The summed E-state index contributed by atoms with van der Waals surface area (Å²) in [6.45, 7) is 3.24. The van der Waals surface area contributed by atoms with Crippen molar-refractivity contribution in [1.82, 2.24) is 0 Å². The van der Waals surface area contributed by atoms with Gasteiger partial charge in [0.2, 0.25) is 0 Å². The van der Waals surface area contributed by atoms with E-state index >= 15 is 0 Å². The molecule has 0 aliphatic carbocycles. The second-order valence-corrected chi connectivity index (χ2v) is 2.30. The molecule has 2 N–H and O–H groups in total. The first-order valence-corrected chi connectivity index (χ1v) is 3.32. The van der Waals surface area contributed by atoms with E-state index in [1.165, 1.54) is 0 Å². The zero-order valence-electron chi connectivity index (χ0n) is 6.07. The highest BCUT2D eigenvalue weighted by molar-refractivity contribution is 5.21. The molecule has 0 aliphatic heterocycles. The lowest BCUT2D eigenvalue weighted by Crippen LogP contribution is -1.98. The van der Waals surface area contributed by atoms with Crippen molar-refractivity contribution >= 4 is 0 Å². The first kappa shape index (κ1) is 7.82. The predicted octanol–water partition coefficient (Wildman–Crippen LogP) is 1.79. The molecule has 0 amide bonds. The lowest BCUT2D eigenvalue weighted by molar-refractivity contribution is 0.156. The summed E-state index contributed by atoms with van der Waals surface area (Å²) in [5.74, 6) is -0.226. The summed E-state index contributed by atoms with van der Waals surface area (Å²) in [6, 6.07) is 8.89. The standard InChI is InChI=1S/C9H10O2/c1-7(10)9(11)8-5-3-2-4-6-8/h2-6,9-11H,1H2/t9-/m1/s1. The van der Waals surface area contributed by atoms with Crippen LogP contribution in [-0.4, -0.2) is 10.2 Å². The van der Waals surface area contributed by atoms with Gasteiger partial charge in [0.1, 0.15) is 11.9 Å². The summed E-state index contributed by atoms with van der Waals surface area (Å²) in [5, 5.41) is 18.1. The van der Waals surface area contributed by atoms with Gasteiger partial charge < -0.3 is 10.2 Å². The third-order valence-corrected chi connectivity index (χ3v) is 1.43. The normalized spacial score (nSPS) is 12.5. The zero-order valence-corrected chi connectivity index (χ0v) is 6.07. The van der Waals surface area contributed by atoms with Crippen molar-refractivity contribution in [2.45, 2.75) is 6.10 Å². The molecule has 1 aromatic carbocycles. The fourth-order valence-electron chi connectivity index (χ4n) is 0.828. The molecule has 0 aromatic heterocycles. The summed E-state index contributed by atoms with van der Waals surface area (Å²) in [5.41, 5.74) is 0.653. The highest BCUT2D eigenvalue weighted by Gasteiger charge is 2.08. The van der Waals surface area contributed by atoms with E-state index in [9.17, 15) is 5.11 Å². The summed E-state index contributed by atoms with van der Waals surface area (Å²) in [4.78, 5) is 0. The molecule has 0 aliphatic rings.